The van der Waals surface area contributed by atoms with Crippen LogP contribution in [-0.2, 0) is 6.54 Å². The van der Waals surface area contributed by atoms with E-state index in [0.29, 0.717) is 0 Å². The molecular weight excluding hydrogens is 192 g/mol. The Kier molecular flexibility index (Phi) is 2.32. The smallest absolute Gasteiger partial charge is 0.0351 e. The zero-order valence-electron chi connectivity index (χ0n) is 8.28. The molecule has 0 aromatic carbocycles. The molecule has 3 heteroatoms. The van der Waals surface area contributed by atoms with Crippen molar-refractivity contribution >= 4 is 11.3 Å². The van der Waals surface area contributed by atoms with Gasteiger partial charge in [-0.15, -0.1) is 0 Å². The number of nitrogens with zero attached hydrogens (tertiary/aromatic N) is 1. The minimum atomic E-state index is 0.808. The van der Waals surface area contributed by atoms with Crippen molar-refractivity contribution in [1.82, 2.24) is 10.2 Å². The summed E-state index contributed by atoms with van der Waals surface area (Å²) in [5.74, 6) is 0. The van der Waals surface area contributed by atoms with Crippen molar-refractivity contribution in [3.8, 4) is 0 Å². The molecule has 1 aromatic rings. The van der Waals surface area contributed by atoms with Crippen LogP contribution in [0.5, 0.6) is 0 Å². The molecule has 0 bridgehead atoms. The van der Waals surface area contributed by atoms with Crippen molar-refractivity contribution in [2.75, 3.05) is 13.1 Å². The molecule has 0 atom stereocenters. The monoisotopic (exact) mass is 208 g/mol. The van der Waals surface area contributed by atoms with E-state index >= 15 is 0 Å². The second-order valence-electron chi connectivity index (χ2n) is 4.35. The summed E-state index contributed by atoms with van der Waals surface area (Å²) < 4.78 is 0. The molecule has 1 saturated heterocycles. The van der Waals surface area contributed by atoms with Gasteiger partial charge < -0.3 is 5.32 Å². The second-order valence-corrected chi connectivity index (χ2v) is 5.13. The molecular formula is C11H16N2S. The predicted octanol–water partition coefficient (Wildman–Crippen LogP) is 1.68. The predicted molar refractivity (Wildman–Crippen MR) is 59.5 cm³/mol. The summed E-state index contributed by atoms with van der Waals surface area (Å²) in [6, 6.07) is 3.95. The van der Waals surface area contributed by atoms with Gasteiger partial charge >= 0.3 is 0 Å². The number of hydrogen-bond acceptors (Lipinski definition) is 3. The molecule has 2 heterocycles. The Balaban J connectivity index is 1.66. The lowest BCUT2D eigenvalue weighted by Gasteiger charge is -2.38. The topological polar surface area (TPSA) is 15.3 Å². The Bertz CT molecular complexity index is 288. The minimum absolute atomic E-state index is 0.808. The molecule has 0 unspecified atom stereocenters. The summed E-state index contributed by atoms with van der Waals surface area (Å²) in [7, 11) is 0. The average Bonchev–Trinajstić information content (AvgIpc) is 2.82. The van der Waals surface area contributed by atoms with Gasteiger partial charge in [0.2, 0.25) is 0 Å². The van der Waals surface area contributed by atoms with Gasteiger partial charge in [-0.25, -0.2) is 0 Å². The SMILES string of the molecule is c1cc(CN(C2CC2)C2CNC2)cs1. The van der Waals surface area contributed by atoms with Gasteiger partial charge in [-0.3, -0.25) is 4.90 Å². The summed E-state index contributed by atoms with van der Waals surface area (Å²) in [5.41, 5.74) is 1.49. The Morgan fingerprint density at radius 3 is 2.71 bits per heavy atom. The molecule has 14 heavy (non-hydrogen) atoms. The maximum absolute atomic E-state index is 3.36. The highest BCUT2D eigenvalue weighted by molar-refractivity contribution is 7.07. The van der Waals surface area contributed by atoms with Gasteiger partial charge in [0, 0.05) is 31.7 Å². The van der Waals surface area contributed by atoms with E-state index in [-0.39, 0.29) is 0 Å². The maximum atomic E-state index is 3.36. The van der Waals surface area contributed by atoms with E-state index in [4.69, 9.17) is 0 Å². The molecule has 1 N–H and O–H groups in total. The first-order chi connectivity index (χ1) is 6.93. The Morgan fingerprint density at radius 1 is 1.36 bits per heavy atom. The van der Waals surface area contributed by atoms with Crippen molar-refractivity contribution < 1.29 is 0 Å². The van der Waals surface area contributed by atoms with Crippen molar-refractivity contribution in [2.24, 2.45) is 0 Å². The first-order valence-corrected chi connectivity index (χ1v) is 6.35. The fraction of sp³-hybridized carbons (Fsp3) is 0.636. The summed E-state index contributed by atoms with van der Waals surface area (Å²) in [6.45, 7) is 3.56. The molecule has 76 valence electrons. The van der Waals surface area contributed by atoms with Gasteiger partial charge in [-0.2, -0.15) is 11.3 Å². The average molecular weight is 208 g/mol. The van der Waals surface area contributed by atoms with Crippen molar-refractivity contribution in [1.29, 1.82) is 0 Å². The van der Waals surface area contributed by atoms with Crippen molar-refractivity contribution in [3.63, 3.8) is 0 Å². The Labute approximate surface area is 88.9 Å². The molecule has 1 saturated carbocycles. The first kappa shape index (κ1) is 8.89. The zero-order chi connectivity index (χ0) is 9.38. The summed E-state index contributed by atoms with van der Waals surface area (Å²) >= 11 is 1.81. The Morgan fingerprint density at radius 2 is 2.21 bits per heavy atom. The molecule has 2 nitrogen and oxygen atoms in total. The van der Waals surface area contributed by atoms with Crippen molar-refractivity contribution in [2.45, 2.75) is 31.5 Å². The maximum Gasteiger partial charge on any atom is 0.0351 e. The van der Waals surface area contributed by atoms with Gasteiger partial charge in [0.05, 0.1) is 0 Å². The molecule has 0 radical (unpaired) electrons. The van der Waals surface area contributed by atoms with Crippen LogP contribution in [0.3, 0.4) is 0 Å². The molecule has 3 rings (SSSR count). The van der Waals surface area contributed by atoms with Crippen LogP contribution in [0.4, 0.5) is 0 Å². The Hall–Kier alpha value is -0.380. The molecule has 2 fully saturated rings. The number of rotatable bonds is 4. The molecule has 1 aliphatic carbocycles. The highest BCUT2D eigenvalue weighted by Gasteiger charge is 2.36. The fourth-order valence-corrected chi connectivity index (χ4v) is 2.72. The second kappa shape index (κ2) is 3.65. The molecule has 1 aromatic heterocycles. The van der Waals surface area contributed by atoms with Crippen LogP contribution in [0.25, 0.3) is 0 Å². The third-order valence-corrected chi connectivity index (χ3v) is 3.92. The van der Waals surface area contributed by atoms with Gasteiger partial charge in [-0.1, -0.05) is 0 Å². The summed E-state index contributed by atoms with van der Waals surface area (Å²) in [4.78, 5) is 2.69. The minimum Gasteiger partial charge on any atom is -0.314 e. The largest absolute Gasteiger partial charge is 0.314 e. The highest BCUT2D eigenvalue weighted by Crippen LogP contribution is 2.31. The summed E-state index contributed by atoms with van der Waals surface area (Å²) in [5, 5.41) is 7.82. The number of hydrogen-bond donors (Lipinski definition) is 1. The van der Waals surface area contributed by atoms with Gasteiger partial charge in [0.1, 0.15) is 0 Å². The molecule has 2 aliphatic rings. The van der Waals surface area contributed by atoms with E-state index in [2.05, 4.69) is 27.0 Å². The molecule has 0 amide bonds. The van der Waals surface area contributed by atoms with Gasteiger partial charge in [0.25, 0.3) is 0 Å². The van der Waals surface area contributed by atoms with Crippen LogP contribution in [0.15, 0.2) is 16.8 Å². The lowest BCUT2D eigenvalue weighted by atomic mass is 10.1. The van der Waals surface area contributed by atoms with Crippen LogP contribution in [0.2, 0.25) is 0 Å². The van der Waals surface area contributed by atoms with Crippen LogP contribution in [-0.4, -0.2) is 30.1 Å². The lowest BCUT2D eigenvalue weighted by molar-refractivity contribution is 0.129. The van der Waals surface area contributed by atoms with E-state index in [9.17, 15) is 0 Å². The normalized spacial score (nSPS) is 22.6. The van der Waals surface area contributed by atoms with Crippen LogP contribution >= 0.6 is 11.3 Å². The summed E-state index contributed by atoms with van der Waals surface area (Å²) in [6.07, 6.45) is 2.83. The van der Waals surface area contributed by atoms with Crippen LogP contribution < -0.4 is 5.32 Å². The van der Waals surface area contributed by atoms with Crippen LogP contribution in [0, 0.1) is 0 Å². The van der Waals surface area contributed by atoms with E-state index in [1.54, 1.807) is 0 Å². The molecule has 0 spiro atoms. The van der Waals surface area contributed by atoms with Crippen molar-refractivity contribution in [3.05, 3.63) is 22.4 Å². The molecule has 1 aliphatic heterocycles. The highest BCUT2D eigenvalue weighted by atomic mass is 32.1. The van der Waals surface area contributed by atoms with Gasteiger partial charge in [0.15, 0.2) is 0 Å². The third-order valence-electron chi connectivity index (χ3n) is 3.19. The van der Waals surface area contributed by atoms with E-state index in [0.717, 1.165) is 12.1 Å². The van der Waals surface area contributed by atoms with E-state index in [1.807, 2.05) is 11.3 Å². The van der Waals surface area contributed by atoms with E-state index in [1.165, 1.54) is 38.0 Å². The number of thiophene rings is 1. The van der Waals surface area contributed by atoms with Gasteiger partial charge in [-0.05, 0) is 35.2 Å². The van der Waals surface area contributed by atoms with Crippen LogP contribution in [0.1, 0.15) is 18.4 Å². The third kappa shape index (κ3) is 1.72. The lowest BCUT2D eigenvalue weighted by Crippen LogP contribution is -2.57. The first-order valence-electron chi connectivity index (χ1n) is 5.41. The standard InChI is InChI=1S/C11H16N2S/c1-2-10(1)13(11-5-12-6-11)7-9-3-4-14-8-9/h3-4,8,10-12H,1-2,5-7H2. The fourth-order valence-electron chi connectivity index (χ4n) is 2.06. The zero-order valence-corrected chi connectivity index (χ0v) is 9.09. The van der Waals surface area contributed by atoms with E-state index < -0.39 is 0 Å². The number of nitrogens with one attached hydrogen (secondary N) is 1. The quantitative estimate of drug-likeness (QED) is 0.810.